The molecule has 0 aliphatic carbocycles. The van der Waals surface area contributed by atoms with E-state index in [1.54, 1.807) is 12.5 Å². The van der Waals surface area contributed by atoms with E-state index in [0.29, 0.717) is 11.7 Å². The van der Waals surface area contributed by atoms with E-state index in [9.17, 15) is 0 Å². The first-order chi connectivity index (χ1) is 5.33. The van der Waals surface area contributed by atoms with Gasteiger partial charge in [-0.3, -0.25) is 0 Å². The van der Waals surface area contributed by atoms with E-state index in [1.165, 1.54) is 0 Å². The number of nitrogens with one attached hydrogen (secondary N) is 2. The van der Waals surface area contributed by atoms with Crippen LogP contribution in [0.15, 0.2) is 23.0 Å². The lowest BCUT2D eigenvalue weighted by Crippen LogP contribution is -2.39. The van der Waals surface area contributed by atoms with Gasteiger partial charge in [0.05, 0.1) is 12.5 Å². The standard InChI is InChI=1S/C6H9N3OS/c7-9-6(11)8-3-5-1-2-10-4-5/h1-2,4H,3,7H2,(H2,8,9,11). The molecule has 1 heterocycles. The van der Waals surface area contributed by atoms with Crippen LogP contribution in [0.5, 0.6) is 0 Å². The van der Waals surface area contributed by atoms with E-state index in [2.05, 4.69) is 10.7 Å². The van der Waals surface area contributed by atoms with Crippen LogP contribution in [0.2, 0.25) is 0 Å². The molecule has 1 aromatic heterocycles. The zero-order valence-electron chi connectivity index (χ0n) is 5.83. The molecule has 1 aromatic rings. The Morgan fingerprint density at radius 3 is 3.09 bits per heavy atom. The summed E-state index contributed by atoms with van der Waals surface area (Å²) in [5.41, 5.74) is 3.35. The van der Waals surface area contributed by atoms with Crippen molar-refractivity contribution in [1.82, 2.24) is 10.7 Å². The molecule has 0 atom stereocenters. The summed E-state index contributed by atoms with van der Waals surface area (Å²) in [6.45, 7) is 0.625. The Hall–Kier alpha value is -1.07. The first-order valence-electron chi connectivity index (χ1n) is 3.08. The number of hydrazine groups is 1. The van der Waals surface area contributed by atoms with Gasteiger partial charge in [0.2, 0.25) is 0 Å². The van der Waals surface area contributed by atoms with Crippen LogP contribution in [-0.2, 0) is 6.54 Å². The van der Waals surface area contributed by atoms with Crippen molar-refractivity contribution in [3.63, 3.8) is 0 Å². The van der Waals surface area contributed by atoms with Gasteiger partial charge in [-0.2, -0.15) is 0 Å². The van der Waals surface area contributed by atoms with E-state index in [4.69, 9.17) is 22.5 Å². The average Bonchev–Trinajstić information content (AvgIpc) is 2.52. The number of nitrogens with two attached hydrogens (primary N) is 1. The van der Waals surface area contributed by atoms with E-state index >= 15 is 0 Å². The SMILES string of the molecule is NNC(=S)NCc1ccoc1. The van der Waals surface area contributed by atoms with Crippen molar-refractivity contribution in [1.29, 1.82) is 0 Å². The van der Waals surface area contributed by atoms with Crippen LogP contribution >= 0.6 is 12.2 Å². The molecule has 0 fully saturated rings. The highest BCUT2D eigenvalue weighted by molar-refractivity contribution is 7.80. The van der Waals surface area contributed by atoms with Crippen molar-refractivity contribution in [2.24, 2.45) is 5.84 Å². The predicted octanol–water partition coefficient (Wildman–Crippen LogP) is 0.117. The average molecular weight is 171 g/mol. The van der Waals surface area contributed by atoms with Crippen LogP contribution < -0.4 is 16.6 Å². The molecule has 1 rings (SSSR count). The van der Waals surface area contributed by atoms with Gasteiger partial charge in [0, 0.05) is 12.1 Å². The fourth-order valence-electron chi connectivity index (χ4n) is 0.627. The minimum Gasteiger partial charge on any atom is -0.472 e. The normalized spacial score (nSPS) is 9.18. The molecule has 0 saturated heterocycles. The van der Waals surface area contributed by atoms with Gasteiger partial charge in [-0.25, -0.2) is 5.84 Å². The number of hydrogen-bond acceptors (Lipinski definition) is 3. The van der Waals surface area contributed by atoms with Gasteiger partial charge in [-0.05, 0) is 18.3 Å². The summed E-state index contributed by atoms with van der Waals surface area (Å²) in [7, 11) is 0. The lowest BCUT2D eigenvalue weighted by molar-refractivity contribution is 0.563. The molecule has 5 heteroatoms. The highest BCUT2D eigenvalue weighted by Crippen LogP contribution is 1.97. The molecule has 0 spiro atoms. The third-order valence-corrected chi connectivity index (χ3v) is 1.43. The van der Waals surface area contributed by atoms with Gasteiger partial charge in [-0.1, -0.05) is 0 Å². The Labute approximate surface area is 69.7 Å². The minimum absolute atomic E-state index is 0.422. The molecule has 0 bridgehead atoms. The van der Waals surface area contributed by atoms with Crippen molar-refractivity contribution in [3.8, 4) is 0 Å². The Morgan fingerprint density at radius 1 is 1.73 bits per heavy atom. The fraction of sp³-hybridized carbons (Fsp3) is 0.167. The largest absolute Gasteiger partial charge is 0.472 e. The molecule has 60 valence electrons. The van der Waals surface area contributed by atoms with E-state index in [-0.39, 0.29) is 0 Å². The van der Waals surface area contributed by atoms with Crippen molar-refractivity contribution >= 4 is 17.3 Å². The quantitative estimate of drug-likeness (QED) is 0.335. The minimum atomic E-state index is 0.422. The molecule has 0 aliphatic heterocycles. The van der Waals surface area contributed by atoms with Crippen LogP contribution in [-0.4, -0.2) is 5.11 Å². The molecule has 0 unspecified atom stereocenters. The fourth-order valence-corrected chi connectivity index (χ4v) is 0.699. The Balaban J connectivity index is 2.29. The first kappa shape index (κ1) is 8.03. The van der Waals surface area contributed by atoms with Crippen molar-refractivity contribution in [3.05, 3.63) is 24.2 Å². The molecule has 11 heavy (non-hydrogen) atoms. The molecule has 0 aromatic carbocycles. The van der Waals surface area contributed by atoms with Crippen LogP contribution in [0.1, 0.15) is 5.56 Å². The monoisotopic (exact) mass is 171 g/mol. The van der Waals surface area contributed by atoms with Crippen LogP contribution in [0.4, 0.5) is 0 Å². The second kappa shape index (κ2) is 3.95. The van der Waals surface area contributed by atoms with Gasteiger partial charge in [0.25, 0.3) is 0 Å². The summed E-state index contributed by atoms with van der Waals surface area (Å²) in [6, 6.07) is 1.85. The highest BCUT2D eigenvalue weighted by atomic mass is 32.1. The summed E-state index contributed by atoms with van der Waals surface area (Å²) in [4.78, 5) is 0. The maximum Gasteiger partial charge on any atom is 0.180 e. The van der Waals surface area contributed by atoms with Crippen molar-refractivity contribution in [2.45, 2.75) is 6.54 Å². The van der Waals surface area contributed by atoms with Gasteiger partial charge in [-0.15, -0.1) is 0 Å². The molecular formula is C6H9N3OS. The van der Waals surface area contributed by atoms with E-state index in [1.807, 2.05) is 6.07 Å². The van der Waals surface area contributed by atoms with Crippen LogP contribution in [0, 0.1) is 0 Å². The van der Waals surface area contributed by atoms with Gasteiger partial charge >= 0.3 is 0 Å². The molecule has 4 N–H and O–H groups in total. The van der Waals surface area contributed by atoms with E-state index < -0.39 is 0 Å². The lowest BCUT2D eigenvalue weighted by atomic mass is 10.3. The molecule has 0 aliphatic rings. The highest BCUT2D eigenvalue weighted by Gasteiger charge is 1.94. The van der Waals surface area contributed by atoms with Crippen LogP contribution in [0.25, 0.3) is 0 Å². The molecule has 0 amide bonds. The first-order valence-corrected chi connectivity index (χ1v) is 3.49. The summed E-state index contributed by atoms with van der Waals surface area (Å²) in [5, 5.41) is 3.29. The zero-order chi connectivity index (χ0) is 8.10. The zero-order valence-corrected chi connectivity index (χ0v) is 6.65. The Bertz CT molecular complexity index is 222. The van der Waals surface area contributed by atoms with Gasteiger partial charge in [0.1, 0.15) is 0 Å². The Kier molecular flexibility index (Phi) is 2.88. The van der Waals surface area contributed by atoms with Gasteiger partial charge < -0.3 is 15.2 Å². The number of hydrogen-bond donors (Lipinski definition) is 3. The van der Waals surface area contributed by atoms with Crippen molar-refractivity contribution < 1.29 is 4.42 Å². The number of rotatable bonds is 2. The molecule has 0 saturated carbocycles. The smallest absolute Gasteiger partial charge is 0.180 e. The number of thiocarbonyl (C=S) groups is 1. The van der Waals surface area contributed by atoms with Gasteiger partial charge in [0.15, 0.2) is 5.11 Å². The predicted molar refractivity (Wildman–Crippen MR) is 45.5 cm³/mol. The Morgan fingerprint density at radius 2 is 2.55 bits per heavy atom. The number of furan rings is 1. The topological polar surface area (TPSA) is 63.2 Å². The third kappa shape index (κ3) is 2.57. The summed E-state index contributed by atoms with van der Waals surface area (Å²) < 4.78 is 4.85. The maximum absolute atomic E-state index is 5.03. The summed E-state index contributed by atoms with van der Waals surface area (Å²) in [6.07, 6.45) is 3.25. The lowest BCUT2D eigenvalue weighted by Gasteiger charge is -2.03. The molecule has 4 nitrogen and oxygen atoms in total. The maximum atomic E-state index is 5.03. The summed E-state index contributed by atoms with van der Waals surface area (Å²) in [5.74, 6) is 5.03. The second-order valence-electron chi connectivity index (χ2n) is 1.96. The van der Waals surface area contributed by atoms with Crippen molar-refractivity contribution in [2.75, 3.05) is 0 Å². The van der Waals surface area contributed by atoms with E-state index in [0.717, 1.165) is 5.56 Å². The second-order valence-corrected chi connectivity index (χ2v) is 2.37. The molecule has 0 radical (unpaired) electrons. The van der Waals surface area contributed by atoms with Crippen LogP contribution in [0.3, 0.4) is 0 Å². The third-order valence-electron chi connectivity index (χ3n) is 1.16. The molecular weight excluding hydrogens is 162 g/mol. The summed E-state index contributed by atoms with van der Waals surface area (Å²) >= 11 is 4.75.